The number of nitrogens with one attached hydrogen (secondary N) is 1. The fourth-order valence-electron chi connectivity index (χ4n) is 3.34. The fourth-order valence-corrected chi connectivity index (χ4v) is 3.34. The second kappa shape index (κ2) is 6.89. The molecule has 0 aromatic carbocycles. The van der Waals surface area contributed by atoms with Crippen LogP contribution in [0.1, 0.15) is 50.3 Å². The molecule has 0 atom stereocenters. The molecular weight excluding hydrogens is 335 g/mol. The molecule has 1 aliphatic carbocycles. The van der Waals surface area contributed by atoms with Gasteiger partial charge in [-0.3, -0.25) is 0 Å². The monoisotopic (exact) mass is 355 g/mol. The summed E-state index contributed by atoms with van der Waals surface area (Å²) in [6.07, 6.45) is 2.62. The number of fused-ring (bicyclic) bond motifs is 1. The highest BCUT2D eigenvalue weighted by atomic mass is 19.4. The van der Waals surface area contributed by atoms with Gasteiger partial charge in [0, 0.05) is 12.6 Å². The van der Waals surface area contributed by atoms with E-state index >= 15 is 0 Å². The molecular formula is C16H20F3N5O. The van der Waals surface area contributed by atoms with Gasteiger partial charge in [0.1, 0.15) is 0 Å². The van der Waals surface area contributed by atoms with Crippen molar-refractivity contribution in [3.05, 3.63) is 17.5 Å². The number of oxime groups is 1. The van der Waals surface area contributed by atoms with Crippen LogP contribution in [0.3, 0.4) is 0 Å². The topological polar surface area (TPSA) is 75.3 Å². The fraction of sp³-hybridized carbons (Fsp3) is 0.562. The van der Waals surface area contributed by atoms with Crippen molar-refractivity contribution >= 4 is 22.9 Å². The van der Waals surface area contributed by atoms with Crippen LogP contribution in [-0.4, -0.2) is 32.2 Å². The number of hydrogen-bond donors (Lipinski definition) is 2. The summed E-state index contributed by atoms with van der Waals surface area (Å²) in [6.45, 7) is 2.20. The highest BCUT2D eigenvalue weighted by Gasteiger charge is 2.38. The maximum absolute atomic E-state index is 13.5. The van der Waals surface area contributed by atoms with Gasteiger partial charge in [-0.15, -0.1) is 0 Å². The van der Waals surface area contributed by atoms with Gasteiger partial charge in [0.25, 0.3) is 0 Å². The van der Waals surface area contributed by atoms with Crippen LogP contribution in [0, 0.1) is 0 Å². The van der Waals surface area contributed by atoms with Crippen LogP contribution >= 0.6 is 0 Å². The van der Waals surface area contributed by atoms with Crippen molar-refractivity contribution in [2.75, 3.05) is 5.32 Å². The molecule has 6 nitrogen and oxygen atoms in total. The normalized spacial score (nSPS) is 16.8. The minimum absolute atomic E-state index is 0.0799. The van der Waals surface area contributed by atoms with E-state index in [-0.39, 0.29) is 22.9 Å². The van der Waals surface area contributed by atoms with Crippen molar-refractivity contribution < 1.29 is 18.4 Å². The zero-order valence-electron chi connectivity index (χ0n) is 13.8. The highest BCUT2D eigenvalue weighted by molar-refractivity contribution is 6.01. The number of hydrogen-bond acceptors (Lipinski definition) is 5. The summed E-state index contributed by atoms with van der Waals surface area (Å²) < 4.78 is 42.0. The minimum Gasteiger partial charge on any atom is -0.411 e. The number of halogens is 3. The summed E-state index contributed by atoms with van der Waals surface area (Å²) in [7, 11) is 0. The number of pyridine rings is 1. The molecule has 0 radical (unpaired) electrons. The van der Waals surface area contributed by atoms with Crippen LogP contribution in [0.25, 0.3) is 11.0 Å². The molecule has 2 aromatic rings. The molecule has 1 fully saturated rings. The summed E-state index contributed by atoms with van der Waals surface area (Å²) in [5.41, 5.74) is -0.889. The second-order valence-corrected chi connectivity index (χ2v) is 6.17. The van der Waals surface area contributed by atoms with Gasteiger partial charge in [-0.25, -0.2) is 9.67 Å². The van der Waals surface area contributed by atoms with E-state index in [2.05, 4.69) is 20.6 Å². The van der Waals surface area contributed by atoms with Gasteiger partial charge in [0.2, 0.25) is 0 Å². The highest BCUT2D eigenvalue weighted by Crippen LogP contribution is 2.37. The third kappa shape index (κ3) is 3.40. The van der Waals surface area contributed by atoms with Crippen LogP contribution in [-0.2, 0) is 12.7 Å². The lowest BCUT2D eigenvalue weighted by atomic mass is 9.94. The van der Waals surface area contributed by atoms with E-state index in [4.69, 9.17) is 5.21 Å². The van der Waals surface area contributed by atoms with Gasteiger partial charge in [-0.2, -0.15) is 18.3 Å². The Labute approximate surface area is 142 Å². The van der Waals surface area contributed by atoms with Crippen LogP contribution in [0.5, 0.6) is 0 Å². The summed E-state index contributed by atoms with van der Waals surface area (Å²) in [6, 6.07) is 0.0799. The number of nitrogens with zero attached hydrogens (tertiary/aromatic N) is 4. The Morgan fingerprint density at radius 2 is 2.08 bits per heavy atom. The third-order valence-corrected chi connectivity index (χ3v) is 4.53. The SMILES string of the molecule is CCn1ncc2c(NC3CCCCC3)c(/C=N/O)c(C(F)(F)F)nc21. The molecule has 3 rings (SSSR count). The molecule has 0 bridgehead atoms. The standard InChI is InChI=1S/C16H20F3N5O/c1-2-24-15-12(8-20-24)13(22-10-6-4-3-5-7-10)11(9-21-25)14(23-15)16(17,18)19/h8-10,25H,2-7H2,1H3,(H,22,23)/b21-9+. The molecule has 0 saturated heterocycles. The lowest BCUT2D eigenvalue weighted by Crippen LogP contribution is -2.24. The van der Waals surface area contributed by atoms with E-state index in [1.54, 1.807) is 6.92 Å². The first-order chi connectivity index (χ1) is 12.0. The number of anilines is 1. The van der Waals surface area contributed by atoms with Gasteiger partial charge in [-0.1, -0.05) is 24.4 Å². The first-order valence-corrected chi connectivity index (χ1v) is 8.36. The van der Waals surface area contributed by atoms with E-state index in [0.717, 1.165) is 38.3 Å². The predicted octanol–water partition coefficient (Wildman–Crippen LogP) is 4.02. The Morgan fingerprint density at radius 1 is 1.36 bits per heavy atom. The second-order valence-electron chi connectivity index (χ2n) is 6.17. The van der Waals surface area contributed by atoms with Crippen molar-refractivity contribution in [1.82, 2.24) is 14.8 Å². The molecule has 1 saturated carbocycles. The first-order valence-electron chi connectivity index (χ1n) is 8.36. The summed E-state index contributed by atoms with van der Waals surface area (Å²) >= 11 is 0. The van der Waals surface area contributed by atoms with Crippen LogP contribution in [0.4, 0.5) is 18.9 Å². The molecule has 25 heavy (non-hydrogen) atoms. The van der Waals surface area contributed by atoms with E-state index in [1.165, 1.54) is 10.9 Å². The third-order valence-electron chi connectivity index (χ3n) is 4.53. The van der Waals surface area contributed by atoms with Crippen molar-refractivity contribution in [2.45, 2.75) is 57.8 Å². The predicted molar refractivity (Wildman–Crippen MR) is 88.1 cm³/mol. The van der Waals surface area contributed by atoms with Crippen molar-refractivity contribution in [1.29, 1.82) is 0 Å². The molecule has 0 spiro atoms. The Balaban J connectivity index is 2.21. The Hall–Kier alpha value is -2.32. The van der Waals surface area contributed by atoms with E-state index in [1.807, 2.05) is 0 Å². The zero-order valence-corrected chi connectivity index (χ0v) is 13.8. The lowest BCUT2D eigenvalue weighted by molar-refractivity contribution is -0.141. The Morgan fingerprint density at radius 3 is 2.68 bits per heavy atom. The molecule has 2 N–H and O–H groups in total. The molecule has 0 aliphatic heterocycles. The average Bonchev–Trinajstić information content (AvgIpc) is 2.99. The van der Waals surface area contributed by atoms with Gasteiger partial charge in [0.05, 0.1) is 29.0 Å². The largest absolute Gasteiger partial charge is 0.434 e. The summed E-state index contributed by atoms with van der Waals surface area (Å²) in [5.74, 6) is 0. The number of rotatable bonds is 4. The lowest BCUT2D eigenvalue weighted by Gasteiger charge is -2.26. The van der Waals surface area contributed by atoms with Gasteiger partial charge >= 0.3 is 6.18 Å². The van der Waals surface area contributed by atoms with Crippen LogP contribution < -0.4 is 5.32 Å². The van der Waals surface area contributed by atoms with Crippen LogP contribution in [0.15, 0.2) is 11.4 Å². The Bertz CT molecular complexity index is 778. The molecule has 1 aliphatic rings. The van der Waals surface area contributed by atoms with E-state index < -0.39 is 11.9 Å². The minimum atomic E-state index is -4.67. The van der Waals surface area contributed by atoms with Crippen molar-refractivity contribution in [3.8, 4) is 0 Å². The van der Waals surface area contributed by atoms with Crippen molar-refractivity contribution in [2.24, 2.45) is 5.16 Å². The maximum Gasteiger partial charge on any atom is 0.434 e. The Kier molecular flexibility index (Phi) is 4.82. The van der Waals surface area contributed by atoms with E-state index in [0.29, 0.717) is 11.9 Å². The number of alkyl halides is 3. The molecule has 0 amide bonds. The summed E-state index contributed by atoms with van der Waals surface area (Å²) in [5, 5.41) is 19.6. The number of aromatic nitrogens is 3. The van der Waals surface area contributed by atoms with Gasteiger partial charge in [0.15, 0.2) is 11.3 Å². The molecule has 2 heterocycles. The zero-order chi connectivity index (χ0) is 18.0. The first kappa shape index (κ1) is 17.5. The average molecular weight is 355 g/mol. The molecule has 2 aromatic heterocycles. The van der Waals surface area contributed by atoms with Crippen molar-refractivity contribution in [3.63, 3.8) is 0 Å². The van der Waals surface area contributed by atoms with E-state index in [9.17, 15) is 13.2 Å². The number of aryl methyl sites for hydroxylation is 1. The van der Waals surface area contributed by atoms with Gasteiger partial charge < -0.3 is 10.5 Å². The quantitative estimate of drug-likeness (QED) is 0.493. The van der Waals surface area contributed by atoms with Crippen LogP contribution in [0.2, 0.25) is 0 Å². The summed E-state index contributed by atoms with van der Waals surface area (Å²) in [4.78, 5) is 3.78. The molecule has 9 heteroatoms. The molecule has 0 unspecified atom stereocenters. The van der Waals surface area contributed by atoms with Gasteiger partial charge in [-0.05, 0) is 19.8 Å². The maximum atomic E-state index is 13.5. The molecule has 136 valence electrons. The smallest absolute Gasteiger partial charge is 0.411 e.